The lowest BCUT2D eigenvalue weighted by Gasteiger charge is -2.29. The SMILES string of the molecule is C/C=C/CCC1CCC(c2ccc(C(F)(F)OC(C)c3ccc(C(F)(F)F)c(F)c3)cc2)CC1. The fraction of sp³-hybridized carbons (Fsp3) is 0.481. The van der Waals surface area contributed by atoms with E-state index in [9.17, 15) is 26.3 Å². The van der Waals surface area contributed by atoms with E-state index in [-0.39, 0.29) is 11.1 Å². The molecule has 0 spiro atoms. The highest BCUT2D eigenvalue weighted by atomic mass is 19.4. The minimum absolute atomic E-state index is 0.104. The summed E-state index contributed by atoms with van der Waals surface area (Å²) in [5, 5.41) is 0. The van der Waals surface area contributed by atoms with Crippen LogP contribution < -0.4 is 0 Å². The fourth-order valence-corrected chi connectivity index (χ4v) is 4.60. The second-order valence-electron chi connectivity index (χ2n) is 9.00. The first-order valence-electron chi connectivity index (χ1n) is 11.6. The van der Waals surface area contributed by atoms with E-state index in [2.05, 4.69) is 12.2 Å². The molecule has 3 rings (SSSR count). The first-order chi connectivity index (χ1) is 16.0. The molecule has 0 amide bonds. The number of halogens is 6. The molecule has 0 heterocycles. The Balaban J connectivity index is 1.61. The Morgan fingerprint density at radius 3 is 2.18 bits per heavy atom. The molecular formula is C27H30F6O. The third-order valence-corrected chi connectivity index (χ3v) is 6.63. The van der Waals surface area contributed by atoms with Crippen molar-refractivity contribution in [2.24, 2.45) is 5.92 Å². The topological polar surface area (TPSA) is 9.23 Å². The van der Waals surface area contributed by atoms with Gasteiger partial charge < -0.3 is 4.74 Å². The zero-order valence-electron chi connectivity index (χ0n) is 19.3. The molecule has 2 aromatic rings. The number of ether oxygens (including phenoxy) is 1. The van der Waals surface area contributed by atoms with E-state index in [1.165, 1.54) is 25.5 Å². The van der Waals surface area contributed by atoms with Crippen LogP contribution in [-0.2, 0) is 17.0 Å². The van der Waals surface area contributed by atoms with Crippen LogP contribution in [0.1, 0.15) is 86.6 Å². The van der Waals surface area contributed by atoms with Crippen LogP contribution in [-0.4, -0.2) is 0 Å². The fourth-order valence-electron chi connectivity index (χ4n) is 4.60. The quantitative estimate of drug-likeness (QED) is 0.268. The van der Waals surface area contributed by atoms with E-state index in [4.69, 9.17) is 4.74 Å². The Morgan fingerprint density at radius 2 is 1.62 bits per heavy atom. The van der Waals surface area contributed by atoms with Crippen LogP contribution in [0.15, 0.2) is 54.6 Å². The van der Waals surface area contributed by atoms with Crippen LogP contribution in [0.25, 0.3) is 0 Å². The van der Waals surface area contributed by atoms with Gasteiger partial charge in [0.15, 0.2) is 0 Å². The van der Waals surface area contributed by atoms with Crippen LogP contribution >= 0.6 is 0 Å². The Morgan fingerprint density at radius 1 is 0.971 bits per heavy atom. The van der Waals surface area contributed by atoms with Crippen molar-refractivity contribution in [2.45, 2.75) is 76.7 Å². The van der Waals surface area contributed by atoms with Gasteiger partial charge in [-0.3, -0.25) is 0 Å². The molecule has 1 saturated carbocycles. The molecule has 0 radical (unpaired) electrons. The average Bonchev–Trinajstić information content (AvgIpc) is 2.78. The summed E-state index contributed by atoms with van der Waals surface area (Å²) in [4.78, 5) is 0. The lowest BCUT2D eigenvalue weighted by atomic mass is 9.77. The van der Waals surface area contributed by atoms with Crippen molar-refractivity contribution in [3.8, 4) is 0 Å². The van der Waals surface area contributed by atoms with Gasteiger partial charge in [-0.2, -0.15) is 22.0 Å². The summed E-state index contributed by atoms with van der Waals surface area (Å²) in [6, 6.07) is 8.11. The summed E-state index contributed by atoms with van der Waals surface area (Å²) in [6.45, 7) is 3.27. The minimum atomic E-state index is -4.86. The standard InChI is InChI=1S/C27H30F6O/c1-3-4-5-6-19-7-9-20(10-8-19)21-11-14-23(15-12-21)27(32,33)34-18(2)22-13-16-24(25(28)17-22)26(29,30)31/h3-4,11-20H,5-10H2,1-2H3/b4-3+. The molecule has 7 heteroatoms. The monoisotopic (exact) mass is 484 g/mol. The predicted octanol–water partition coefficient (Wildman–Crippen LogP) is 9.30. The minimum Gasteiger partial charge on any atom is -0.309 e. The van der Waals surface area contributed by atoms with Crippen LogP contribution in [0.5, 0.6) is 0 Å². The van der Waals surface area contributed by atoms with E-state index < -0.39 is 29.8 Å². The predicted molar refractivity (Wildman–Crippen MR) is 120 cm³/mol. The van der Waals surface area contributed by atoms with Gasteiger partial charge in [-0.15, -0.1) is 0 Å². The number of benzene rings is 2. The van der Waals surface area contributed by atoms with Gasteiger partial charge >= 0.3 is 12.3 Å². The van der Waals surface area contributed by atoms with Crippen LogP contribution in [0.2, 0.25) is 0 Å². The van der Waals surface area contributed by atoms with Gasteiger partial charge in [0.2, 0.25) is 0 Å². The number of hydrogen-bond donors (Lipinski definition) is 0. The summed E-state index contributed by atoms with van der Waals surface area (Å²) in [7, 11) is 0. The van der Waals surface area contributed by atoms with Gasteiger partial charge in [-0.25, -0.2) is 4.39 Å². The normalized spacial score (nSPS) is 20.6. The van der Waals surface area contributed by atoms with Crippen molar-refractivity contribution in [3.05, 3.63) is 82.7 Å². The number of rotatable bonds is 8. The molecule has 0 N–H and O–H groups in total. The highest BCUT2D eigenvalue weighted by Gasteiger charge is 2.37. The van der Waals surface area contributed by atoms with Crippen molar-refractivity contribution in [3.63, 3.8) is 0 Å². The molecule has 1 fully saturated rings. The Hall–Kier alpha value is -2.28. The Kier molecular flexibility index (Phi) is 8.50. The van der Waals surface area contributed by atoms with Gasteiger partial charge in [0.1, 0.15) is 5.82 Å². The lowest BCUT2D eigenvalue weighted by molar-refractivity contribution is -0.272. The van der Waals surface area contributed by atoms with Crippen molar-refractivity contribution in [2.75, 3.05) is 0 Å². The van der Waals surface area contributed by atoms with E-state index in [1.807, 2.05) is 6.92 Å². The van der Waals surface area contributed by atoms with Gasteiger partial charge in [-0.1, -0.05) is 42.5 Å². The molecule has 1 atom stereocenters. The van der Waals surface area contributed by atoms with Crippen LogP contribution in [0, 0.1) is 11.7 Å². The second-order valence-corrected chi connectivity index (χ2v) is 9.00. The van der Waals surface area contributed by atoms with Gasteiger partial charge in [-0.05, 0) is 87.5 Å². The average molecular weight is 485 g/mol. The molecule has 34 heavy (non-hydrogen) atoms. The highest BCUT2D eigenvalue weighted by molar-refractivity contribution is 5.29. The Labute approximate surface area is 196 Å². The lowest BCUT2D eigenvalue weighted by Crippen LogP contribution is -2.21. The molecule has 1 aliphatic carbocycles. The summed E-state index contributed by atoms with van der Waals surface area (Å²) in [6.07, 6.45) is 0.988. The summed E-state index contributed by atoms with van der Waals surface area (Å²) >= 11 is 0. The summed E-state index contributed by atoms with van der Waals surface area (Å²) in [5.41, 5.74) is -0.884. The van der Waals surface area contributed by atoms with Gasteiger partial charge in [0.25, 0.3) is 0 Å². The highest BCUT2D eigenvalue weighted by Crippen LogP contribution is 2.40. The zero-order chi connectivity index (χ0) is 24.9. The molecule has 186 valence electrons. The van der Waals surface area contributed by atoms with Crippen molar-refractivity contribution >= 4 is 0 Å². The maximum absolute atomic E-state index is 14.7. The Bertz CT molecular complexity index is 956. The third-order valence-electron chi connectivity index (χ3n) is 6.63. The second kappa shape index (κ2) is 11.0. The molecule has 1 aliphatic rings. The molecular weight excluding hydrogens is 454 g/mol. The maximum atomic E-state index is 14.7. The van der Waals surface area contributed by atoms with E-state index in [1.54, 1.807) is 12.1 Å². The van der Waals surface area contributed by atoms with E-state index in [0.717, 1.165) is 43.7 Å². The molecule has 1 unspecified atom stereocenters. The molecule has 2 aromatic carbocycles. The number of hydrogen-bond acceptors (Lipinski definition) is 1. The first-order valence-corrected chi connectivity index (χ1v) is 11.6. The third kappa shape index (κ3) is 6.65. The maximum Gasteiger partial charge on any atom is 0.419 e. The molecule has 0 aromatic heterocycles. The molecule has 1 nitrogen and oxygen atoms in total. The molecule has 0 aliphatic heterocycles. The van der Waals surface area contributed by atoms with Crippen LogP contribution in [0.4, 0.5) is 26.3 Å². The van der Waals surface area contributed by atoms with Crippen molar-refractivity contribution in [1.29, 1.82) is 0 Å². The zero-order valence-corrected chi connectivity index (χ0v) is 19.3. The largest absolute Gasteiger partial charge is 0.419 e. The first kappa shape index (κ1) is 26.3. The van der Waals surface area contributed by atoms with Crippen molar-refractivity contribution in [1.82, 2.24) is 0 Å². The molecule has 0 saturated heterocycles. The van der Waals surface area contributed by atoms with Crippen LogP contribution in [0.3, 0.4) is 0 Å². The van der Waals surface area contributed by atoms with Gasteiger partial charge in [0, 0.05) is 0 Å². The number of alkyl halides is 5. The van der Waals surface area contributed by atoms with Crippen molar-refractivity contribution < 1.29 is 31.1 Å². The number of allylic oxidation sites excluding steroid dienone is 2. The smallest absolute Gasteiger partial charge is 0.309 e. The van der Waals surface area contributed by atoms with E-state index in [0.29, 0.717) is 24.0 Å². The van der Waals surface area contributed by atoms with E-state index >= 15 is 0 Å². The summed E-state index contributed by atoms with van der Waals surface area (Å²) in [5.74, 6) is -0.471. The van der Waals surface area contributed by atoms with Gasteiger partial charge in [0.05, 0.1) is 17.2 Å². The summed E-state index contributed by atoms with van der Waals surface area (Å²) < 4.78 is 86.3. The molecule has 0 bridgehead atoms.